The molecule has 0 N–H and O–H groups in total. The van der Waals surface area contributed by atoms with E-state index in [2.05, 4.69) is 71.1 Å². The van der Waals surface area contributed by atoms with Crippen molar-refractivity contribution in [2.75, 3.05) is 20.7 Å². The van der Waals surface area contributed by atoms with Gasteiger partial charge in [0.1, 0.15) is 5.75 Å². The summed E-state index contributed by atoms with van der Waals surface area (Å²) >= 11 is 0. The highest BCUT2D eigenvalue weighted by molar-refractivity contribution is 5.73. The molecule has 27 heavy (non-hydrogen) atoms. The van der Waals surface area contributed by atoms with E-state index in [1.54, 1.807) is 7.11 Å². The molecule has 3 aromatic rings. The fourth-order valence-corrected chi connectivity index (χ4v) is 3.55. The summed E-state index contributed by atoms with van der Waals surface area (Å²) < 4.78 is 7.67. The number of hydrogen-bond acceptors (Lipinski definition) is 3. The third-order valence-corrected chi connectivity index (χ3v) is 4.87. The number of rotatable bonds is 8. The number of ether oxygens (including phenoxy) is 1. The van der Waals surface area contributed by atoms with Crippen LogP contribution in [0.2, 0.25) is 0 Å². The van der Waals surface area contributed by atoms with Crippen molar-refractivity contribution in [2.24, 2.45) is 0 Å². The van der Waals surface area contributed by atoms with E-state index in [1.165, 1.54) is 16.8 Å². The molecule has 2 aromatic carbocycles. The molecule has 0 saturated heterocycles. The van der Waals surface area contributed by atoms with E-state index < -0.39 is 0 Å². The van der Waals surface area contributed by atoms with E-state index in [-0.39, 0.29) is 0 Å². The number of nitrogens with zero attached hydrogens (tertiary/aromatic N) is 3. The highest BCUT2D eigenvalue weighted by atomic mass is 16.5. The third-order valence-electron chi connectivity index (χ3n) is 4.87. The summed E-state index contributed by atoms with van der Waals surface area (Å²) in [6.45, 7) is 7.06. The summed E-state index contributed by atoms with van der Waals surface area (Å²) in [7, 11) is 3.91. The molecule has 142 valence electrons. The molecule has 1 heterocycles. The van der Waals surface area contributed by atoms with Gasteiger partial charge in [-0.25, -0.2) is 0 Å². The van der Waals surface area contributed by atoms with Crippen molar-refractivity contribution in [3.8, 4) is 16.9 Å². The van der Waals surface area contributed by atoms with E-state index in [1.807, 2.05) is 19.1 Å². The molecule has 0 bridgehead atoms. The van der Waals surface area contributed by atoms with Gasteiger partial charge in [-0.3, -0.25) is 4.68 Å². The Labute approximate surface area is 162 Å². The molecule has 0 aliphatic carbocycles. The monoisotopic (exact) mass is 363 g/mol. The van der Waals surface area contributed by atoms with Crippen LogP contribution >= 0.6 is 0 Å². The fraction of sp³-hybridized carbons (Fsp3) is 0.348. The van der Waals surface area contributed by atoms with Gasteiger partial charge in [-0.2, -0.15) is 5.10 Å². The smallest absolute Gasteiger partial charge is 0.126 e. The van der Waals surface area contributed by atoms with Gasteiger partial charge in [0.2, 0.25) is 0 Å². The van der Waals surface area contributed by atoms with Crippen molar-refractivity contribution in [1.82, 2.24) is 14.7 Å². The average Bonchev–Trinajstić information content (AvgIpc) is 2.99. The molecule has 0 aliphatic heterocycles. The third kappa shape index (κ3) is 4.77. The molecule has 0 unspecified atom stereocenters. The second kappa shape index (κ2) is 8.87. The largest absolute Gasteiger partial charge is 0.496 e. The van der Waals surface area contributed by atoms with Gasteiger partial charge in [-0.1, -0.05) is 42.5 Å². The molecular formula is C23H29N3O. The molecule has 0 radical (unpaired) electrons. The van der Waals surface area contributed by atoms with Crippen molar-refractivity contribution in [2.45, 2.75) is 33.4 Å². The Balaban J connectivity index is 1.66. The van der Waals surface area contributed by atoms with Crippen LogP contribution in [0.3, 0.4) is 0 Å². The van der Waals surface area contributed by atoms with Crippen molar-refractivity contribution < 1.29 is 4.74 Å². The van der Waals surface area contributed by atoms with E-state index in [9.17, 15) is 0 Å². The van der Waals surface area contributed by atoms with E-state index in [0.717, 1.165) is 43.1 Å². The Morgan fingerprint density at radius 3 is 2.41 bits per heavy atom. The first-order valence-electron chi connectivity index (χ1n) is 9.49. The molecule has 3 rings (SSSR count). The number of aromatic nitrogens is 2. The lowest BCUT2D eigenvalue weighted by Crippen LogP contribution is -2.21. The number of para-hydroxylation sites is 1. The fourth-order valence-electron chi connectivity index (χ4n) is 3.55. The first-order valence-corrected chi connectivity index (χ1v) is 9.49. The van der Waals surface area contributed by atoms with Gasteiger partial charge in [0.25, 0.3) is 0 Å². The maximum atomic E-state index is 5.56. The maximum Gasteiger partial charge on any atom is 0.126 e. The molecule has 0 amide bonds. The standard InChI is InChI=1S/C23H29N3O/c1-18-16-19(2)26(24-18)15-9-14-25(3)17-20-10-5-6-11-21(20)22-12-7-8-13-23(22)27-4/h5-8,10-13,16H,9,14-15,17H2,1-4H3. The van der Waals surface area contributed by atoms with Crippen LogP contribution in [0.25, 0.3) is 11.1 Å². The lowest BCUT2D eigenvalue weighted by Gasteiger charge is -2.20. The number of methoxy groups -OCH3 is 1. The van der Waals surface area contributed by atoms with Crippen molar-refractivity contribution in [3.63, 3.8) is 0 Å². The Morgan fingerprint density at radius 2 is 1.70 bits per heavy atom. The minimum absolute atomic E-state index is 0.908. The minimum atomic E-state index is 0.908. The lowest BCUT2D eigenvalue weighted by atomic mass is 9.98. The Morgan fingerprint density at radius 1 is 1.00 bits per heavy atom. The Hall–Kier alpha value is -2.59. The highest BCUT2D eigenvalue weighted by Gasteiger charge is 2.11. The van der Waals surface area contributed by atoms with Crippen LogP contribution in [-0.4, -0.2) is 35.4 Å². The summed E-state index contributed by atoms with van der Waals surface area (Å²) in [6, 6.07) is 18.9. The normalized spacial score (nSPS) is 11.1. The SMILES string of the molecule is COc1ccccc1-c1ccccc1CN(C)CCCn1nc(C)cc1C. The van der Waals surface area contributed by atoms with Crippen LogP contribution in [0.5, 0.6) is 5.75 Å². The van der Waals surface area contributed by atoms with Crippen LogP contribution in [0.15, 0.2) is 54.6 Å². The summed E-state index contributed by atoms with van der Waals surface area (Å²) in [4.78, 5) is 2.37. The second-order valence-electron chi connectivity index (χ2n) is 7.10. The van der Waals surface area contributed by atoms with Crippen LogP contribution in [-0.2, 0) is 13.1 Å². The number of benzene rings is 2. The van der Waals surface area contributed by atoms with Crippen LogP contribution in [0.1, 0.15) is 23.4 Å². The molecule has 4 nitrogen and oxygen atoms in total. The van der Waals surface area contributed by atoms with Crippen LogP contribution < -0.4 is 4.74 Å². The van der Waals surface area contributed by atoms with Crippen molar-refractivity contribution in [3.05, 3.63) is 71.5 Å². The average molecular weight is 364 g/mol. The van der Waals surface area contributed by atoms with Gasteiger partial charge in [0.05, 0.1) is 12.8 Å². The lowest BCUT2D eigenvalue weighted by molar-refractivity contribution is 0.311. The molecule has 0 spiro atoms. The molecule has 0 atom stereocenters. The van der Waals surface area contributed by atoms with Gasteiger partial charge in [-0.15, -0.1) is 0 Å². The van der Waals surface area contributed by atoms with Gasteiger partial charge in [0.15, 0.2) is 0 Å². The number of hydrogen-bond donors (Lipinski definition) is 0. The Kier molecular flexibility index (Phi) is 6.30. The van der Waals surface area contributed by atoms with Crippen LogP contribution in [0, 0.1) is 13.8 Å². The molecule has 1 aromatic heterocycles. The predicted molar refractivity (Wildman–Crippen MR) is 111 cm³/mol. The summed E-state index contributed by atoms with van der Waals surface area (Å²) in [5.41, 5.74) is 6.02. The second-order valence-corrected chi connectivity index (χ2v) is 7.10. The van der Waals surface area contributed by atoms with Crippen molar-refractivity contribution in [1.29, 1.82) is 0 Å². The molecule has 0 saturated carbocycles. The maximum absolute atomic E-state index is 5.56. The summed E-state index contributed by atoms with van der Waals surface area (Å²) in [5.74, 6) is 0.914. The van der Waals surface area contributed by atoms with E-state index in [0.29, 0.717) is 0 Å². The van der Waals surface area contributed by atoms with Gasteiger partial charge in [-0.05, 0) is 57.1 Å². The summed E-state index contributed by atoms with van der Waals surface area (Å²) in [5, 5.41) is 4.55. The molecule has 0 aliphatic rings. The Bertz CT molecular complexity index is 885. The minimum Gasteiger partial charge on any atom is -0.496 e. The van der Waals surface area contributed by atoms with E-state index in [4.69, 9.17) is 4.74 Å². The van der Waals surface area contributed by atoms with Crippen LogP contribution in [0.4, 0.5) is 0 Å². The topological polar surface area (TPSA) is 30.3 Å². The zero-order chi connectivity index (χ0) is 19.2. The van der Waals surface area contributed by atoms with E-state index >= 15 is 0 Å². The van der Waals surface area contributed by atoms with Gasteiger partial charge < -0.3 is 9.64 Å². The van der Waals surface area contributed by atoms with Gasteiger partial charge >= 0.3 is 0 Å². The van der Waals surface area contributed by atoms with Crippen molar-refractivity contribution >= 4 is 0 Å². The molecule has 4 heteroatoms. The van der Waals surface area contributed by atoms with Gasteiger partial charge in [0, 0.05) is 24.3 Å². The predicted octanol–water partition coefficient (Wildman–Crippen LogP) is 4.70. The quantitative estimate of drug-likeness (QED) is 0.581. The summed E-state index contributed by atoms with van der Waals surface area (Å²) in [6.07, 6.45) is 1.08. The first kappa shape index (κ1) is 19.2. The number of aryl methyl sites for hydroxylation is 3. The molecule has 0 fully saturated rings. The molecular weight excluding hydrogens is 334 g/mol. The zero-order valence-electron chi connectivity index (χ0n) is 16.8. The first-order chi connectivity index (χ1) is 13.1. The highest BCUT2D eigenvalue weighted by Crippen LogP contribution is 2.32. The zero-order valence-corrected chi connectivity index (χ0v) is 16.8.